The number of hydrogen-bond acceptors (Lipinski definition) is 2. The molecule has 3 heteroatoms. The second-order valence-electron chi connectivity index (χ2n) is 4.55. The van der Waals surface area contributed by atoms with Gasteiger partial charge in [-0.3, -0.25) is 0 Å². The van der Waals surface area contributed by atoms with Crippen molar-refractivity contribution in [3.8, 4) is 0 Å². The first-order valence-electron chi connectivity index (χ1n) is 5.89. The van der Waals surface area contributed by atoms with Crippen molar-refractivity contribution in [2.75, 3.05) is 24.5 Å². The van der Waals surface area contributed by atoms with E-state index in [2.05, 4.69) is 34.1 Å². The van der Waals surface area contributed by atoms with E-state index < -0.39 is 0 Å². The van der Waals surface area contributed by atoms with Crippen molar-refractivity contribution < 1.29 is 0 Å². The van der Waals surface area contributed by atoms with E-state index in [0.717, 1.165) is 19.6 Å². The quantitative estimate of drug-likeness (QED) is 0.804. The highest BCUT2D eigenvalue weighted by atomic mass is 15.2. The van der Waals surface area contributed by atoms with Crippen LogP contribution in [0.5, 0.6) is 0 Å². The molecule has 0 radical (unpaired) electrons. The molecule has 1 aliphatic rings. The van der Waals surface area contributed by atoms with Crippen LogP contribution in [0.15, 0.2) is 30.5 Å². The molecule has 16 heavy (non-hydrogen) atoms. The maximum absolute atomic E-state index is 5.73. The molecule has 84 valence electrons. The summed E-state index contributed by atoms with van der Waals surface area (Å²) in [6, 6.07) is 8.59. The van der Waals surface area contributed by atoms with Gasteiger partial charge in [-0.05, 0) is 37.1 Å². The lowest BCUT2D eigenvalue weighted by Gasteiger charge is -2.19. The number of benzene rings is 1. The first-order valence-corrected chi connectivity index (χ1v) is 5.89. The van der Waals surface area contributed by atoms with E-state index in [1.54, 1.807) is 0 Å². The Kier molecular flexibility index (Phi) is 2.33. The molecule has 0 bridgehead atoms. The van der Waals surface area contributed by atoms with Crippen LogP contribution in [0.25, 0.3) is 10.9 Å². The number of H-pyrrole nitrogens is 1. The molecule has 3 nitrogen and oxygen atoms in total. The predicted octanol–water partition coefficient (Wildman–Crippen LogP) is 1.95. The zero-order valence-electron chi connectivity index (χ0n) is 9.32. The van der Waals surface area contributed by atoms with E-state index in [1.807, 2.05) is 6.20 Å². The van der Waals surface area contributed by atoms with Gasteiger partial charge in [-0.15, -0.1) is 0 Å². The number of hydrogen-bond donors (Lipinski definition) is 2. The van der Waals surface area contributed by atoms with Gasteiger partial charge in [0.05, 0.1) is 0 Å². The maximum Gasteiger partial charge on any atom is 0.0474 e. The minimum Gasteiger partial charge on any atom is -0.371 e. The molecule has 3 N–H and O–H groups in total. The summed E-state index contributed by atoms with van der Waals surface area (Å²) in [7, 11) is 0. The number of aromatic nitrogens is 1. The van der Waals surface area contributed by atoms with Crippen molar-refractivity contribution in [2.45, 2.75) is 6.42 Å². The minimum absolute atomic E-state index is 0.661. The topological polar surface area (TPSA) is 45.0 Å². The van der Waals surface area contributed by atoms with Crippen molar-refractivity contribution in [1.29, 1.82) is 0 Å². The average Bonchev–Trinajstić information content (AvgIpc) is 2.97. The van der Waals surface area contributed by atoms with Gasteiger partial charge >= 0.3 is 0 Å². The van der Waals surface area contributed by atoms with Gasteiger partial charge in [0.15, 0.2) is 0 Å². The van der Waals surface area contributed by atoms with Gasteiger partial charge in [-0.25, -0.2) is 0 Å². The van der Waals surface area contributed by atoms with E-state index in [-0.39, 0.29) is 0 Å². The first kappa shape index (κ1) is 9.73. The monoisotopic (exact) mass is 215 g/mol. The van der Waals surface area contributed by atoms with Gasteiger partial charge < -0.3 is 15.6 Å². The van der Waals surface area contributed by atoms with E-state index >= 15 is 0 Å². The Morgan fingerprint density at radius 1 is 1.38 bits per heavy atom. The summed E-state index contributed by atoms with van der Waals surface area (Å²) in [6.45, 7) is 3.03. The summed E-state index contributed by atoms with van der Waals surface area (Å²) in [5.74, 6) is 0.661. The van der Waals surface area contributed by atoms with Crippen molar-refractivity contribution in [2.24, 2.45) is 11.7 Å². The number of nitrogens with two attached hydrogens (primary N) is 1. The third kappa shape index (κ3) is 1.48. The third-order valence-corrected chi connectivity index (χ3v) is 3.53. The molecular formula is C13H17N3. The summed E-state index contributed by atoms with van der Waals surface area (Å²) >= 11 is 0. The number of fused-ring (bicyclic) bond motifs is 1. The fraction of sp³-hybridized carbons (Fsp3) is 0.385. The summed E-state index contributed by atoms with van der Waals surface area (Å²) in [4.78, 5) is 5.71. The molecule has 1 saturated heterocycles. The fourth-order valence-electron chi connectivity index (χ4n) is 2.59. The van der Waals surface area contributed by atoms with E-state index in [4.69, 9.17) is 5.73 Å². The van der Waals surface area contributed by atoms with Crippen LogP contribution >= 0.6 is 0 Å². The second kappa shape index (κ2) is 3.83. The Labute approximate surface area is 95.2 Å². The predicted molar refractivity (Wildman–Crippen MR) is 67.7 cm³/mol. The molecule has 0 amide bonds. The zero-order valence-corrected chi connectivity index (χ0v) is 9.32. The van der Waals surface area contributed by atoms with Gasteiger partial charge in [0, 0.05) is 35.9 Å². The second-order valence-corrected chi connectivity index (χ2v) is 4.55. The van der Waals surface area contributed by atoms with Crippen LogP contribution in [0.1, 0.15) is 6.42 Å². The Hall–Kier alpha value is -1.48. The molecule has 3 rings (SSSR count). The standard InChI is InChI=1S/C13H17N3/c14-8-10-5-7-16(9-10)13-3-1-2-12-11(13)4-6-15-12/h1-4,6,10,15H,5,7-9,14H2. The van der Waals surface area contributed by atoms with Crippen molar-refractivity contribution in [3.63, 3.8) is 0 Å². The molecule has 1 fully saturated rings. The number of rotatable bonds is 2. The molecule has 1 unspecified atom stereocenters. The van der Waals surface area contributed by atoms with Crippen molar-refractivity contribution in [3.05, 3.63) is 30.5 Å². The highest BCUT2D eigenvalue weighted by Gasteiger charge is 2.22. The molecule has 0 aliphatic carbocycles. The molecular weight excluding hydrogens is 198 g/mol. The average molecular weight is 215 g/mol. The lowest BCUT2D eigenvalue weighted by Crippen LogP contribution is -2.22. The van der Waals surface area contributed by atoms with Gasteiger partial charge in [-0.1, -0.05) is 6.07 Å². The Morgan fingerprint density at radius 2 is 2.31 bits per heavy atom. The molecule has 1 aromatic carbocycles. The maximum atomic E-state index is 5.73. The lowest BCUT2D eigenvalue weighted by atomic mass is 10.1. The molecule has 2 heterocycles. The smallest absolute Gasteiger partial charge is 0.0474 e. The van der Waals surface area contributed by atoms with Gasteiger partial charge in [0.1, 0.15) is 0 Å². The Balaban J connectivity index is 1.97. The summed E-state index contributed by atoms with van der Waals surface area (Å²) in [5, 5.41) is 1.32. The van der Waals surface area contributed by atoms with Crippen molar-refractivity contribution >= 4 is 16.6 Å². The number of nitrogens with one attached hydrogen (secondary N) is 1. The SMILES string of the molecule is NCC1CCN(c2cccc3[nH]ccc23)C1. The summed E-state index contributed by atoms with van der Waals surface area (Å²) < 4.78 is 0. The Morgan fingerprint density at radius 3 is 3.12 bits per heavy atom. The van der Waals surface area contributed by atoms with E-state index in [0.29, 0.717) is 5.92 Å². The van der Waals surface area contributed by atoms with Crippen molar-refractivity contribution in [1.82, 2.24) is 4.98 Å². The summed E-state index contributed by atoms with van der Waals surface area (Å²) in [6.07, 6.45) is 3.22. The third-order valence-electron chi connectivity index (χ3n) is 3.53. The van der Waals surface area contributed by atoms with Crippen LogP contribution in [-0.4, -0.2) is 24.6 Å². The van der Waals surface area contributed by atoms with Crippen LogP contribution in [0.2, 0.25) is 0 Å². The largest absolute Gasteiger partial charge is 0.371 e. The molecule has 1 aromatic heterocycles. The van der Waals surface area contributed by atoms with Gasteiger partial charge in [0.25, 0.3) is 0 Å². The van der Waals surface area contributed by atoms with Crippen LogP contribution in [0, 0.1) is 5.92 Å². The first-order chi connectivity index (χ1) is 7.88. The fourth-order valence-corrected chi connectivity index (χ4v) is 2.59. The molecule has 1 aliphatic heterocycles. The Bertz CT molecular complexity index is 489. The van der Waals surface area contributed by atoms with Crippen LogP contribution in [0.4, 0.5) is 5.69 Å². The normalized spacial score (nSPS) is 20.8. The van der Waals surface area contributed by atoms with Gasteiger partial charge in [-0.2, -0.15) is 0 Å². The molecule has 2 aromatic rings. The number of anilines is 1. The number of nitrogens with zero attached hydrogens (tertiary/aromatic N) is 1. The van der Waals surface area contributed by atoms with E-state index in [9.17, 15) is 0 Å². The lowest BCUT2D eigenvalue weighted by molar-refractivity contribution is 0.603. The molecule has 0 saturated carbocycles. The van der Waals surface area contributed by atoms with Gasteiger partial charge in [0.2, 0.25) is 0 Å². The highest BCUT2D eigenvalue weighted by molar-refractivity contribution is 5.92. The van der Waals surface area contributed by atoms with Crippen LogP contribution in [-0.2, 0) is 0 Å². The minimum atomic E-state index is 0.661. The van der Waals surface area contributed by atoms with Crippen LogP contribution < -0.4 is 10.6 Å². The van der Waals surface area contributed by atoms with Crippen LogP contribution in [0.3, 0.4) is 0 Å². The zero-order chi connectivity index (χ0) is 11.0. The number of aromatic amines is 1. The molecule has 1 atom stereocenters. The summed E-state index contributed by atoms with van der Waals surface area (Å²) in [5.41, 5.74) is 8.29. The highest BCUT2D eigenvalue weighted by Crippen LogP contribution is 2.30. The van der Waals surface area contributed by atoms with E-state index in [1.165, 1.54) is 23.0 Å². The molecule has 0 spiro atoms.